The largest absolute Gasteiger partial charge is 0.481 e. The Bertz CT molecular complexity index is 334. The highest BCUT2D eigenvalue weighted by Crippen LogP contribution is 2.32. The second-order valence-corrected chi connectivity index (χ2v) is 3.93. The zero-order valence-electron chi connectivity index (χ0n) is 9.24. The Morgan fingerprint density at radius 2 is 1.00 bits per heavy atom. The predicted molar refractivity (Wildman–Crippen MR) is 53.7 cm³/mol. The van der Waals surface area contributed by atoms with Gasteiger partial charge in [-0.2, -0.15) is 0 Å². The minimum Gasteiger partial charge on any atom is -0.481 e. The third-order valence-electron chi connectivity index (χ3n) is 2.46. The molecule has 9 nitrogen and oxygen atoms in total. The summed E-state index contributed by atoms with van der Waals surface area (Å²) in [6.45, 7) is -1.30. The lowest BCUT2D eigenvalue weighted by Crippen LogP contribution is -2.59. The van der Waals surface area contributed by atoms with Gasteiger partial charge < -0.3 is 30.6 Å². The van der Waals surface area contributed by atoms with E-state index in [9.17, 15) is 24.6 Å². The molecule has 0 aromatic heterocycles. The fraction of sp³-hybridized carbons (Fsp3) is 0.667. The molecule has 0 saturated heterocycles. The van der Waals surface area contributed by atoms with Crippen molar-refractivity contribution in [1.29, 1.82) is 0 Å². The fourth-order valence-corrected chi connectivity index (χ4v) is 1.51. The van der Waals surface area contributed by atoms with Gasteiger partial charge in [0.25, 0.3) is 0 Å². The van der Waals surface area contributed by atoms with Crippen molar-refractivity contribution in [2.45, 2.75) is 30.5 Å². The zero-order chi connectivity index (χ0) is 14.6. The maximum Gasteiger partial charge on any atom is 0.306 e. The van der Waals surface area contributed by atoms with Crippen LogP contribution in [0.15, 0.2) is 0 Å². The fourth-order valence-electron chi connectivity index (χ4n) is 1.51. The Morgan fingerprint density at radius 1 is 0.722 bits per heavy atom. The SMILES string of the molecule is O=C(O)CC(O)(CO)C(O)(CC(=O)O)CC(=O)O. The summed E-state index contributed by atoms with van der Waals surface area (Å²) in [5.74, 6) is -4.91. The highest BCUT2D eigenvalue weighted by atomic mass is 16.4. The Hall–Kier alpha value is -1.71. The average molecular weight is 266 g/mol. The minimum atomic E-state index is -2.79. The summed E-state index contributed by atoms with van der Waals surface area (Å²) in [6, 6.07) is 0. The third kappa shape index (κ3) is 3.95. The molecular formula is C9H14O9. The second-order valence-electron chi connectivity index (χ2n) is 3.93. The van der Waals surface area contributed by atoms with E-state index in [1.165, 1.54) is 0 Å². The van der Waals surface area contributed by atoms with E-state index in [0.717, 1.165) is 0 Å². The summed E-state index contributed by atoms with van der Waals surface area (Å²) < 4.78 is 0. The third-order valence-corrected chi connectivity index (χ3v) is 2.46. The van der Waals surface area contributed by atoms with Gasteiger partial charge in [0, 0.05) is 0 Å². The molecule has 0 aliphatic rings. The van der Waals surface area contributed by atoms with E-state index in [4.69, 9.17) is 20.4 Å². The highest BCUT2D eigenvalue weighted by Gasteiger charge is 2.52. The number of aliphatic hydroxyl groups excluding tert-OH is 1. The van der Waals surface area contributed by atoms with E-state index in [1.54, 1.807) is 0 Å². The van der Waals surface area contributed by atoms with Gasteiger partial charge in [0.15, 0.2) is 0 Å². The minimum absolute atomic E-state index is 1.19. The summed E-state index contributed by atoms with van der Waals surface area (Å²) >= 11 is 0. The first-order valence-corrected chi connectivity index (χ1v) is 4.77. The van der Waals surface area contributed by atoms with Crippen molar-refractivity contribution in [2.24, 2.45) is 0 Å². The van der Waals surface area contributed by atoms with Crippen molar-refractivity contribution in [1.82, 2.24) is 0 Å². The van der Waals surface area contributed by atoms with Crippen LogP contribution in [-0.2, 0) is 14.4 Å². The van der Waals surface area contributed by atoms with E-state index in [-0.39, 0.29) is 0 Å². The molecule has 0 amide bonds. The van der Waals surface area contributed by atoms with Gasteiger partial charge in [-0.05, 0) is 0 Å². The lowest BCUT2D eigenvalue weighted by atomic mass is 9.76. The molecule has 0 bridgehead atoms. The molecule has 0 aliphatic heterocycles. The normalized spacial score (nSPS) is 14.8. The van der Waals surface area contributed by atoms with Crippen molar-refractivity contribution >= 4 is 17.9 Å². The summed E-state index contributed by atoms with van der Waals surface area (Å²) in [6.07, 6.45) is -3.63. The maximum atomic E-state index is 10.6. The standard InChI is InChI=1S/C9H14O9/c10-4-9(18,3-7(15)16)8(17,1-5(11)12)2-6(13)14/h10,17-18H,1-4H2,(H,11,12)(H,13,14)(H,15,16). The van der Waals surface area contributed by atoms with Crippen LogP contribution in [0.1, 0.15) is 19.3 Å². The number of hydrogen-bond acceptors (Lipinski definition) is 6. The number of carboxylic acid groups (broad SMARTS) is 3. The Balaban J connectivity index is 5.41. The van der Waals surface area contributed by atoms with E-state index >= 15 is 0 Å². The average Bonchev–Trinajstić information content (AvgIpc) is 2.13. The van der Waals surface area contributed by atoms with Gasteiger partial charge in [-0.15, -0.1) is 0 Å². The van der Waals surface area contributed by atoms with Crippen LogP contribution in [0.2, 0.25) is 0 Å². The Morgan fingerprint density at radius 3 is 1.22 bits per heavy atom. The molecule has 1 unspecified atom stereocenters. The number of carbonyl (C=O) groups is 3. The van der Waals surface area contributed by atoms with Crippen LogP contribution < -0.4 is 0 Å². The van der Waals surface area contributed by atoms with Gasteiger partial charge in [0.05, 0.1) is 25.9 Å². The van der Waals surface area contributed by atoms with E-state index < -0.39 is 55.0 Å². The van der Waals surface area contributed by atoms with Crippen molar-refractivity contribution in [3.05, 3.63) is 0 Å². The summed E-state index contributed by atoms with van der Waals surface area (Å²) in [5, 5.41) is 54.3. The summed E-state index contributed by atoms with van der Waals surface area (Å²) in [4.78, 5) is 31.6. The Labute approximate surface area is 101 Å². The van der Waals surface area contributed by atoms with Crippen molar-refractivity contribution in [3.63, 3.8) is 0 Å². The maximum absolute atomic E-state index is 10.6. The summed E-state index contributed by atoms with van der Waals surface area (Å²) in [5.41, 5.74) is -5.56. The van der Waals surface area contributed by atoms with Crippen LogP contribution in [0.5, 0.6) is 0 Å². The van der Waals surface area contributed by atoms with Crippen LogP contribution in [0.3, 0.4) is 0 Å². The van der Waals surface area contributed by atoms with Gasteiger partial charge in [-0.1, -0.05) is 0 Å². The van der Waals surface area contributed by atoms with Crippen LogP contribution >= 0.6 is 0 Å². The van der Waals surface area contributed by atoms with Gasteiger partial charge in [0.1, 0.15) is 11.2 Å². The summed E-state index contributed by atoms with van der Waals surface area (Å²) in [7, 11) is 0. The number of aliphatic hydroxyl groups is 3. The van der Waals surface area contributed by atoms with E-state index in [2.05, 4.69) is 0 Å². The molecule has 0 fully saturated rings. The monoisotopic (exact) mass is 266 g/mol. The van der Waals surface area contributed by atoms with Crippen LogP contribution in [0.25, 0.3) is 0 Å². The molecule has 0 rings (SSSR count). The van der Waals surface area contributed by atoms with Crippen molar-refractivity contribution in [3.8, 4) is 0 Å². The van der Waals surface area contributed by atoms with Crippen molar-refractivity contribution in [2.75, 3.05) is 6.61 Å². The number of rotatable bonds is 8. The van der Waals surface area contributed by atoms with Gasteiger partial charge >= 0.3 is 17.9 Å². The molecule has 0 spiro atoms. The Kier molecular flexibility index (Phi) is 5.21. The number of aliphatic carboxylic acids is 3. The molecule has 0 saturated carbocycles. The quantitative estimate of drug-likeness (QED) is 0.286. The molecular weight excluding hydrogens is 252 g/mol. The van der Waals surface area contributed by atoms with Crippen LogP contribution in [0, 0.1) is 0 Å². The lowest BCUT2D eigenvalue weighted by Gasteiger charge is -2.39. The molecule has 0 heterocycles. The first kappa shape index (κ1) is 16.3. The van der Waals surface area contributed by atoms with E-state index in [1.807, 2.05) is 0 Å². The first-order chi connectivity index (χ1) is 8.06. The molecule has 0 aromatic carbocycles. The molecule has 9 heteroatoms. The van der Waals surface area contributed by atoms with Gasteiger partial charge in [-0.25, -0.2) is 0 Å². The van der Waals surface area contributed by atoms with Gasteiger partial charge in [0.2, 0.25) is 0 Å². The molecule has 6 N–H and O–H groups in total. The zero-order valence-corrected chi connectivity index (χ0v) is 9.24. The molecule has 0 radical (unpaired) electrons. The van der Waals surface area contributed by atoms with Gasteiger partial charge in [-0.3, -0.25) is 14.4 Å². The van der Waals surface area contributed by atoms with Crippen LogP contribution in [0.4, 0.5) is 0 Å². The van der Waals surface area contributed by atoms with E-state index in [0.29, 0.717) is 0 Å². The highest BCUT2D eigenvalue weighted by molar-refractivity contribution is 5.74. The molecule has 0 aromatic rings. The topological polar surface area (TPSA) is 173 Å². The van der Waals surface area contributed by atoms with Crippen molar-refractivity contribution < 1.29 is 45.0 Å². The van der Waals surface area contributed by atoms with Crippen LogP contribution in [-0.4, -0.2) is 66.4 Å². The molecule has 0 aliphatic carbocycles. The molecule has 104 valence electrons. The first-order valence-electron chi connectivity index (χ1n) is 4.77. The second kappa shape index (κ2) is 5.76. The number of carboxylic acids is 3. The molecule has 1 atom stereocenters. The lowest BCUT2D eigenvalue weighted by molar-refractivity contribution is -0.200. The molecule has 18 heavy (non-hydrogen) atoms. The predicted octanol–water partition coefficient (Wildman–Crippen LogP) is -2.13. The number of hydrogen-bond donors (Lipinski definition) is 6. The smallest absolute Gasteiger partial charge is 0.306 e.